The first kappa shape index (κ1) is 17.0. The number of aryl methyl sites for hydroxylation is 1. The van der Waals surface area contributed by atoms with Crippen LogP contribution in [-0.2, 0) is 18.3 Å². The molecule has 0 spiro atoms. The Balaban J connectivity index is 1.66. The maximum absolute atomic E-state index is 12.4. The first-order chi connectivity index (χ1) is 12.1. The van der Waals surface area contributed by atoms with Crippen LogP contribution in [0.15, 0.2) is 48.5 Å². The van der Waals surface area contributed by atoms with E-state index in [2.05, 4.69) is 10.3 Å². The van der Waals surface area contributed by atoms with E-state index in [9.17, 15) is 4.79 Å². The molecule has 1 atom stereocenters. The van der Waals surface area contributed by atoms with Gasteiger partial charge in [0, 0.05) is 7.05 Å². The molecule has 0 bridgehead atoms. The Morgan fingerprint density at radius 2 is 1.92 bits per heavy atom. The van der Waals surface area contributed by atoms with E-state index in [-0.39, 0.29) is 11.9 Å². The first-order valence-corrected chi connectivity index (χ1v) is 8.51. The summed E-state index contributed by atoms with van der Waals surface area (Å²) in [4.78, 5) is 17.0. The fourth-order valence-electron chi connectivity index (χ4n) is 2.96. The highest BCUT2D eigenvalue weighted by molar-refractivity contribution is 5.79. The van der Waals surface area contributed by atoms with E-state index in [0.717, 1.165) is 28.2 Å². The number of carbonyl (C=O) groups is 1. The lowest BCUT2D eigenvalue weighted by atomic mass is 10.1. The van der Waals surface area contributed by atoms with Crippen LogP contribution in [-0.4, -0.2) is 22.1 Å². The summed E-state index contributed by atoms with van der Waals surface area (Å²) in [5.74, 6) is 1.64. The molecule has 0 aliphatic rings. The SMILES string of the molecule is CCOc1ccc(CC(=O)NC(C)c2nc3ccccc3n2C)cc1. The smallest absolute Gasteiger partial charge is 0.224 e. The highest BCUT2D eigenvalue weighted by atomic mass is 16.5. The minimum atomic E-state index is -0.160. The van der Waals surface area contributed by atoms with Crippen LogP contribution in [0.1, 0.15) is 31.3 Å². The molecule has 25 heavy (non-hydrogen) atoms. The molecule has 0 aliphatic carbocycles. The third-order valence-corrected chi connectivity index (χ3v) is 4.19. The number of benzene rings is 2. The molecule has 0 saturated heterocycles. The molecular weight excluding hydrogens is 314 g/mol. The summed E-state index contributed by atoms with van der Waals surface area (Å²) in [5, 5.41) is 3.03. The maximum Gasteiger partial charge on any atom is 0.224 e. The summed E-state index contributed by atoms with van der Waals surface area (Å²) in [6.45, 7) is 4.54. The van der Waals surface area contributed by atoms with Gasteiger partial charge >= 0.3 is 0 Å². The number of carbonyl (C=O) groups excluding carboxylic acids is 1. The van der Waals surface area contributed by atoms with Gasteiger partial charge in [0.05, 0.1) is 30.1 Å². The number of rotatable bonds is 6. The number of nitrogens with one attached hydrogen (secondary N) is 1. The Bertz CT molecular complexity index is 868. The van der Waals surface area contributed by atoms with Crippen molar-refractivity contribution in [1.82, 2.24) is 14.9 Å². The van der Waals surface area contributed by atoms with Crippen molar-refractivity contribution in [2.24, 2.45) is 7.05 Å². The monoisotopic (exact) mass is 337 g/mol. The third-order valence-electron chi connectivity index (χ3n) is 4.19. The normalized spacial score (nSPS) is 12.1. The predicted molar refractivity (Wildman–Crippen MR) is 98.6 cm³/mol. The van der Waals surface area contributed by atoms with Crippen molar-refractivity contribution in [3.8, 4) is 5.75 Å². The van der Waals surface area contributed by atoms with Gasteiger partial charge in [0.1, 0.15) is 11.6 Å². The molecular formula is C20H23N3O2. The summed E-state index contributed by atoms with van der Waals surface area (Å²) < 4.78 is 7.44. The number of para-hydroxylation sites is 2. The Labute approximate surface area is 147 Å². The molecule has 0 radical (unpaired) electrons. The molecule has 3 aromatic rings. The number of imidazole rings is 1. The van der Waals surface area contributed by atoms with Gasteiger partial charge in [0.2, 0.25) is 5.91 Å². The second-order valence-electron chi connectivity index (χ2n) is 6.06. The standard InChI is InChI=1S/C20H23N3O2/c1-4-25-16-11-9-15(10-12-16)13-19(24)21-14(2)20-22-17-7-5-6-8-18(17)23(20)3/h5-12,14H,4,13H2,1-3H3,(H,21,24). The summed E-state index contributed by atoms with van der Waals surface area (Å²) >= 11 is 0. The zero-order valence-electron chi connectivity index (χ0n) is 14.8. The number of hydrogen-bond acceptors (Lipinski definition) is 3. The van der Waals surface area contributed by atoms with Gasteiger partial charge in [-0.3, -0.25) is 4.79 Å². The number of hydrogen-bond donors (Lipinski definition) is 1. The van der Waals surface area contributed by atoms with Crippen molar-refractivity contribution < 1.29 is 9.53 Å². The lowest BCUT2D eigenvalue weighted by Gasteiger charge is -2.14. The van der Waals surface area contributed by atoms with Crippen LogP contribution >= 0.6 is 0 Å². The van der Waals surface area contributed by atoms with E-state index in [0.29, 0.717) is 13.0 Å². The van der Waals surface area contributed by atoms with Crippen LogP contribution < -0.4 is 10.1 Å². The van der Waals surface area contributed by atoms with Crippen LogP contribution in [0.3, 0.4) is 0 Å². The Morgan fingerprint density at radius 1 is 1.20 bits per heavy atom. The average Bonchev–Trinajstić information content (AvgIpc) is 2.94. The summed E-state index contributed by atoms with van der Waals surface area (Å²) in [7, 11) is 1.97. The van der Waals surface area contributed by atoms with E-state index in [4.69, 9.17) is 4.74 Å². The van der Waals surface area contributed by atoms with Crippen LogP contribution in [0.2, 0.25) is 0 Å². The lowest BCUT2D eigenvalue weighted by Crippen LogP contribution is -2.29. The van der Waals surface area contributed by atoms with Crippen molar-refractivity contribution >= 4 is 16.9 Å². The number of amides is 1. The van der Waals surface area contributed by atoms with Crippen molar-refractivity contribution in [2.45, 2.75) is 26.3 Å². The Hall–Kier alpha value is -2.82. The number of nitrogens with zero attached hydrogens (tertiary/aromatic N) is 2. The second-order valence-corrected chi connectivity index (χ2v) is 6.06. The molecule has 1 unspecified atom stereocenters. The van der Waals surface area contributed by atoms with Gasteiger partial charge in [0.15, 0.2) is 0 Å². The molecule has 0 fully saturated rings. The molecule has 0 aliphatic heterocycles. The average molecular weight is 337 g/mol. The van der Waals surface area contributed by atoms with Gasteiger partial charge in [-0.15, -0.1) is 0 Å². The van der Waals surface area contributed by atoms with Gasteiger partial charge in [-0.05, 0) is 43.7 Å². The quantitative estimate of drug-likeness (QED) is 0.750. The van der Waals surface area contributed by atoms with Crippen molar-refractivity contribution in [3.63, 3.8) is 0 Å². The highest BCUT2D eigenvalue weighted by Gasteiger charge is 2.16. The highest BCUT2D eigenvalue weighted by Crippen LogP contribution is 2.19. The van der Waals surface area contributed by atoms with E-state index in [1.165, 1.54) is 0 Å². The fourth-order valence-corrected chi connectivity index (χ4v) is 2.96. The summed E-state index contributed by atoms with van der Waals surface area (Å²) in [6.07, 6.45) is 0.334. The third kappa shape index (κ3) is 3.82. The molecule has 1 N–H and O–H groups in total. The molecule has 5 heteroatoms. The van der Waals surface area contributed by atoms with Crippen LogP contribution in [0.5, 0.6) is 5.75 Å². The Morgan fingerprint density at radius 3 is 2.60 bits per heavy atom. The van der Waals surface area contributed by atoms with E-state index >= 15 is 0 Å². The molecule has 1 amide bonds. The molecule has 3 rings (SSSR count). The lowest BCUT2D eigenvalue weighted by molar-refractivity contribution is -0.121. The van der Waals surface area contributed by atoms with Crippen LogP contribution in [0.25, 0.3) is 11.0 Å². The van der Waals surface area contributed by atoms with Gasteiger partial charge in [-0.25, -0.2) is 4.98 Å². The van der Waals surface area contributed by atoms with Gasteiger partial charge in [-0.2, -0.15) is 0 Å². The minimum Gasteiger partial charge on any atom is -0.494 e. The zero-order valence-corrected chi connectivity index (χ0v) is 14.8. The molecule has 1 aromatic heterocycles. The van der Waals surface area contributed by atoms with Crippen LogP contribution in [0.4, 0.5) is 0 Å². The molecule has 130 valence electrons. The number of aromatic nitrogens is 2. The molecule has 2 aromatic carbocycles. The number of ether oxygens (including phenoxy) is 1. The Kier molecular flexibility index (Phi) is 5.03. The van der Waals surface area contributed by atoms with Gasteiger partial charge in [-0.1, -0.05) is 24.3 Å². The van der Waals surface area contributed by atoms with E-state index in [1.807, 2.05) is 74.0 Å². The molecule has 1 heterocycles. The number of fused-ring (bicyclic) bond motifs is 1. The topological polar surface area (TPSA) is 56.1 Å². The second kappa shape index (κ2) is 7.38. The fraction of sp³-hybridized carbons (Fsp3) is 0.300. The molecule has 5 nitrogen and oxygen atoms in total. The predicted octanol–water partition coefficient (Wildman–Crippen LogP) is 3.39. The van der Waals surface area contributed by atoms with Crippen molar-refractivity contribution in [2.75, 3.05) is 6.61 Å². The largest absolute Gasteiger partial charge is 0.494 e. The first-order valence-electron chi connectivity index (χ1n) is 8.51. The summed E-state index contributed by atoms with van der Waals surface area (Å²) in [6, 6.07) is 15.4. The summed E-state index contributed by atoms with van der Waals surface area (Å²) in [5.41, 5.74) is 2.95. The van der Waals surface area contributed by atoms with Crippen molar-refractivity contribution in [3.05, 3.63) is 59.9 Å². The van der Waals surface area contributed by atoms with E-state index < -0.39 is 0 Å². The van der Waals surface area contributed by atoms with Gasteiger partial charge < -0.3 is 14.6 Å². The van der Waals surface area contributed by atoms with Crippen molar-refractivity contribution in [1.29, 1.82) is 0 Å². The maximum atomic E-state index is 12.4. The van der Waals surface area contributed by atoms with Gasteiger partial charge in [0.25, 0.3) is 0 Å². The molecule has 0 saturated carbocycles. The van der Waals surface area contributed by atoms with E-state index in [1.54, 1.807) is 0 Å². The minimum absolute atomic E-state index is 0.0243. The zero-order chi connectivity index (χ0) is 17.8. The van der Waals surface area contributed by atoms with Crippen LogP contribution in [0, 0.1) is 0 Å².